The summed E-state index contributed by atoms with van der Waals surface area (Å²) in [5, 5.41) is 6.97. The van der Waals surface area contributed by atoms with Gasteiger partial charge in [-0.15, -0.1) is 0 Å². The maximum atomic E-state index is 16.6. The van der Waals surface area contributed by atoms with Gasteiger partial charge in [-0.25, -0.2) is 18.0 Å². The third kappa shape index (κ3) is 9.18. The van der Waals surface area contributed by atoms with Crippen LogP contribution in [0.2, 0.25) is 5.02 Å². The van der Waals surface area contributed by atoms with Gasteiger partial charge in [0.2, 0.25) is 11.8 Å². The maximum absolute atomic E-state index is 16.6. The molecule has 0 saturated carbocycles. The third-order valence-electron chi connectivity index (χ3n) is 13.6. The molecular weight excluding hydrogens is 887 g/mol. The number of hydrogen-bond donors (Lipinski definition) is 2. The molecule has 3 fully saturated rings. The minimum absolute atomic E-state index is 0.0192. The lowest BCUT2D eigenvalue weighted by Crippen LogP contribution is -2.50. The third-order valence-corrected chi connectivity index (χ3v) is 13.9. The number of piperidine rings is 2. The second-order valence-corrected chi connectivity index (χ2v) is 18.3. The molecule has 14 nitrogen and oxygen atoms in total. The van der Waals surface area contributed by atoms with Crippen LogP contribution >= 0.6 is 11.6 Å². The van der Waals surface area contributed by atoms with Crippen molar-refractivity contribution in [2.24, 2.45) is 0 Å². The molecule has 6 heterocycles. The summed E-state index contributed by atoms with van der Waals surface area (Å²) in [4.78, 5) is 75.6. The Morgan fingerprint density at radius 3 is 2.34 bits per heavy atom. The van der Waals surface area contributed by atoms with Crippen LogP contribution < -0.4 is 10.2 Å². The molecule has 9 rings (SSSR count). The van der Waals surface area contributed by atoms with Gasteiger partial charge in [-0.05, 0) is 104 Å². The molecule has 0 unspecified atom stereocenters. The normalized spacial score (nSPS) is 17.8. The zero-order valence-electron chi connectivity index (χ0n) is 37.3. The monoisotopic (exact) mass is 937 g/mol. The fourth-order valence-electron chi connectivity index (χ4n) is 9.95. The largest absolute Gasteiger partial charge is 0.348 e. The van der Waals surface area contributed by atoms with Crippen LogP contribution in [0.15, 0.2) is 67.0 Å². The number of rotatable bonds is 10. The van der Waals surface area contributed by atoms with Gasteiger partial charge in [0, 0.05) is 107 Å². The number of aromatic amines is 1. The van der Waals surface area contributed by atoms with Crippen LogP contribution in [0, 0.1) is 17.5 Å². The molecule has 4 aliphatic rings. The average Bonchev–Trinajstić information content (AvgIpc) is 4.04. The lowest BCUT2D eigenvalue weighted by Gasteiger charge is -2.42. The zero-order valence-corrected chi connectivity index (χ0v) is 38.1. The number of H-pyrrole nitrogens is 1. The number of likely N-dealkylation sites (tertiary alicyclic amines) is 2. The smallest absolute Gasteiger partial charge is 0.328 e. The van der Waals surface area contributed by atoms with Crippen LogP contribution in [0.5, 0.6) is 0 Å². The lowest BCUT2D eigenvalue weighted by atomic mass is 9.86. The van der Waals surface area contributed by atoms with Gasteiger partial charge in [0.1, 0.15) is 5.69 Å². The molecule has 5 aromatic rings. The van der Waals surface area contributed by atoms with Crippen LogP contribution in [-0.2, 0) is 16.1 Å². The van der Waals surface area contributed by atoms with E-state index in [2.05, 4.69) is 20.3 Å². The standard InChI is InChI=1S/C49H51ClF3N9O5/c1-57(2)48(66)39-27-37-36(26-35(45(53)46(37)55-39)31-5-3-17-60(28-31)42(64)15-23-61-18-4-16-54-61)34-8-7-33(43(51)44(34)52)29-10-19-58(20-11-29)32-12-21-59(22-13-32)47(65)30-6-9-38(50)40(25-30)62-24-14-41(63)56-49(62)67/h4-9,16,18,25-27,29,32,55H,3,10-15,17,19-24,28H2,1-2H3,(H,56,63,67). The summed E-state index contributed by atoms with van der Waals surface area (Å²) in [6.07, 6.45) is 8.74. The highest BCUT2D eigenvalue weighted by molar-refractivity contribution is 6.34. The molecule has 4 aliphatic heterocycles. The molecule has 0 radical (unpaired) electrons. The number of aromatic nitrogens is 3. The van der Waals surface area contributed by atoms with E-state index < -0.39 is 29.4 Å². The fourth-order valence-corrected chi connectivity index (χ4v) is 10.2. The minimum Gasteiger partial charge on any atom is -0.348 e. The summed E-state index contributed by atoms with van der Waals surface area (Å²) in [5.74, 6) is -4.01. The number of anilines is 1. The van der Waals surface area contributed by atoms with Crippen LogP contribution in [0.4, 0.5) is 23.7 Å². The number of aryl methyl sites for hydroxylation is 1. The van der Waals surface area contributed by atoms with Gasteiger partial charge in [-0.1, -0.05) is 29.8 Å². The highest BCUT2D eigenvalue weighted by Crippen LogP contribution is 2.41. The Bertz CT molecular complexity index is 2790. The van der Waals surface area contributed by atoms with Crippen molar-refractivity contribution in [2.45, 2.75) is 63.5 Å². The highest BCUT2D eigenvalue weighted by Gasteiger charge is 2.34. The summed E-state index contributed by atoms with van der Waals surface area (Å²) in [6.45, 7) is 3.49. The number of imide groups is 1. The minimum atomic E-state index is -1.06. The zero-order chi connectivity index (χ0) is 47.1. The number of nitrogens with one attached hydrogen (secondary N) is 2. The molecule has 2 aromatic heterocycles. The van der Waals surface area contributed by atoms with Gasteiger partial charge >= 0.3 is 6.03 Å². The molecule has 18 heteroatoms. The molecule has 2 N–H and O–H groups in total. The molecule has 0 atom stereocenters. The van der Waals surface area contributed by atoms with Gasteiger partial charge in [-0.3, -0.25) is 34.1 Å². The first-order chi connectivity index (χ1) is 32.2. The Morgan fingerprint density at radius 2 is 1.63 bits per heavy atom. The quantitative estimate of drug-likeness (QED) is 0.148. The van der Waals surface area contributed by atoms with Crippen molar-refractivity contribution in [2.75, 3.05) is 64.8 Å². The molecule has 6 amide bonds. The number of carbonyl (C=O) groups excluding carboxylic acids is 5. The number of carbonyl (C=O) groups is 5. The Kier molecular flexibility index (Phi) is 13.0. The van der Waals surface area contributed by atoms with Crippen LogP contribution in [0.25, 0.3) is 27.6 Å². The van der Waals surface area contributed by atoms with Crippen molar-refractivity contribution in [3.8, 4) is 11.1 Å². The van der Waals surface area contributed by atoms with E-state index in [1.54, 1.807) is 71.3 Å². The second kappa shape index (κ2) is 19.0. The number of nitrogens with zero attached hydrogens (tertiary/aromatic N) is 7. The average molecular weight is 938 g/mol. The molecule has 0 bridgehead atoms. The van der Waals surface area contributed by atoms with Crippen molar-refractivity contribution in [1.82, 2.24) is 39.7 Å². The first-order valence-corrected chi connectivity index (χ1v) is 23.1. The molecule has 67 heavy (non-hydrogen) atoms. The van der Waals surface area contributed by atoms with Crippen LogP contribution in [-0.4, -0.2) is 130 Å². The summed E-state index contributed by atoms with van der Waals surface area (Å²) in [6, 6.07) is 12.3. The van der Waals surface area contributed by atoms with Crippen LogP contribution in [0.1, 0.15) is 82.8 Å². The van der Waals surface area contributed by atoms with Gasteiger partial charge in [0.15, 0.2) is 17.5 Å². The Balaban J connectivity index is 0.884. The summed E-state index contributed by atoms with van der Waals surface area (Å²) >= 11 is 6.41. The number of urea groups is 1. The summed E-state index contributed by atoms with van der Waals surface area (Å²) in [7, 11) is 3.13. The second-order valence-electron chi connectivity index (χ2n) is 17.9. The fraction of sp³-hybridized carbons (Fsp3) is 0.388. The van der Waals surface area contributed by atoms with Crippen molar-refractivity contribution in [3.05, 3.63) is 112 Å². The molecule has 0 spiro atoms. The molecule has 0 aliphatic carbocycles. The number of hydrogen-bond acceptors (Lipinski definition) is 7. The topological polar surface area (TPSA) is 147 Å². The molecule has 3 aromatic carbocycles. The maximum Gasteiger partial charge on any atom is 0.328 e. The van der Waals surface area contributed by atoms with E-state index in [1.807, 2.05) is 6.08 Å². The molecular formula is C49H51ClF3N9O5. The summed E-state index contributed by atoms with van der Waals surface area (Å²) < 4.78 is 51.4. The highest BCUT2D eigenvalue weighted by atomic mass is 35.5. The Morgan fingerprint density at radius 1 is 0.851 bits per heavy atom. The van der Waals surface area contributed by atoms with E-state index in [1.165, 1.54) is 28.0 Å². The van der Waals surface area contributed by atoms with E-state index in [0.717, 1.165) is 12.8 Å². The van der Waals surface area contributed by atoms with E-state index in [9.17, 15) is 24.0 Å². The van der Waals surface area contributed by atoms with Gasteiger partial charge < -0.3 is 24.6 Å². The van der Waals surface area contributed by atoms with Gasteiger partial charge in [-0.2, -0.15) is 5.10 Å². The number of fused-ring (bicyclic) bond motifs is 1. The van der Waals surface area contributed by atoms with Crippen molar-refractivity contribution >= 4 is 63.4 Å². The lowest BCUT2D eigenvalue weighted by molar-refractivity contribution is -0.131. The first kappa shape index (κ1) is 45.7. The van der Waals surface area contributed by atoms with E-state index in [-0.39, 0.29) is 94.5 Å². The predicted octanol–water partition coefficient (Wildman–Crippen LogP) is 7.44. The SMILES string of the molecule is CN(C)C(=O)c1cc2c(-c3ccc(C4CCN(C5CCN(C(=O)c6ccc(Cl)c(N7CCC(=O)NC7=O)c6)CC5)CC4)c(F)c3F)cc(C3=CCCN(C(=O)CCn4cccn4)C3)c(F)c2[nH]1. The Hall–Kier alpha value is -6.46. The number of benzene rings is 3. The van der Waals surface area contributed by atoms with Crippen LogP contribution in [0.3, 0.4) is 0 Å². The number of amides is 6. The van der Waals surface area contributed by atoms with Crippen molar-refractivity contribution in [1.29, 1.82) is 0 Å². The predicted molar refractivity (Wildman–Crippen MR) is 247 cm³/mol. The molecule has 3 saturated heterocycles. The van der Waals surface area contributed by atoms with Gasteiger partial charge in [0.05, 0.1) is 16.2 Å². The van der Waals surface area contributed by atoms with E-state index >= 15 is 13.2 Å². The van der Waals surface area contributed by atoms with Crippen molar-refractivity contribution in [3.63, 3.8) is 0 Å². The first-order valence-electron chi connectivity index (χ1n) is 22.7. The van der Waals surface area contributed by atoms with E-state index in [4.69, 9.17) is 11.6 Å². The van der Waals surface area contributed by atoms with E-state index in [0.29, 0.717) is 80.4 Å². The Labute approximate surface area is 390 Å². The number of halogens is 4. The van der Waals surface area contributed by atoms with Crippen molar-refractivity contribution < 1.29 is 37.1 Å². The summed E-state index contributed by atoms with van der Waals surface area (Å²) in [5.41, 5.74) is 1.90. The molecule has 350 valence electrons. The van der Waals surface area contributed by atoms with Gasteiger partial charge in [0.25, 0.3) is 11.8 Å².